The number of rotatable bonds is 4. The number of hydrogen-bond acceptors (Lipinski definition) is 4. The van der Waals surface area contributed by atoms with E-state index < -0.39 is 0 Å². The number of benzene rings is 1. The van der Waals surface area contributed by atoms with Gasteiger partial charge in [-0.2, -0.15) is 5.10 Å². The summed E-state index contributed by atoms with van der Waals surface area (Å²) in [6.45, 7) is 4.48. The lowest BCUT2D eigenvalue weighted by Gasteiger charge is -2.32. The average molecular weight is 365 g/mol. The zero-order valence-electron chi connectivity index (χ0n) is 14.9. The fourth-order valence-electron chi connectivity index (χ4n) is 4.32. The molecule has 0 bridgehead atoms. The monoisotopic (exact) mass is 364 g/mol. The van der Waals surface area contributed by atoms with Crippen molar-refractivity contribution in [3.05, 3.63) is 69.7 Å². The summed E-state index contributed by atoms with van der Waals surface area (Å²) in [5.74, 6) is 0. The molecule has 5 heteroatoms. The van der Waals surface area contributed by atoms with Crippen LogP contribution in [0.5, 0.6) is 0 Å². The first-order valence-corrected chi connectivity index (χ1v) is 10.4. The van der Waals surface area contributed by atoms with Gasteiger partial charge < -0.3 is 4.90 Å². The number of fused-ring (bicyclic) bond motifs is 1. The first kappa shape index (κ1) is 16.1. The Labute approximate surface area is 158 Å². The van der Waals surface area contributed by atoms with Gasteiger partial charge in [0.05, 0.1) is 5.69 Å². The van der Waals surface area contributed by atoms with Gasteiger partial charge in [0.25, 0.3) is 0 Å². The summed E-state index contributed by atoms with van der Waals surface area (Å²) in [6.07, 6.45) is 3.30. The van der Waals surface area contributed by atoms with E-state index in [9.17, 15) is 0 Å². The second-order valence-electron chi connectivity index (χ2n) is 7.33. The molecular formula is C21H24N4S. The van der Waals surface area contributed by atoms with Crippen molar-refractivity contribution in [3.8, 4) is 0 Å². The maximum absolute atomic E-state index is 4.64. The van der Waals surface area contributed by atoms with Gasteiger partial charge in [0, 0.05) is 66.9 Å². The quantitative estimate of drug-likeness (QED) is 0.767. The van der Waals surface area contributed by atoms with Gasteiger partial charge in [-0.3, -0.25) is 10.00 Å². The van der Waals surface area contributed by atoms with E-state index in [2.05, 4.69) is 67.8 Å². The molecule has 1 aromatic carbocycles. The highest BCUT2D eigenvalue weighted by atomic mass is 32.1. The second-order valence-corrected chi connectivity index (χ2v) is 8.36. The SMILES string of the molecule is c1ccc(N2CCC(N3CCc4[nH]nc(Cc5cccs5)c4C3)C2)cc1. The molecule has 2 aliphatic heterocycles. The number of thiophene rings is 1. The lowest BCUT2D eigenvalue weighted by atomic mass is 10.0. The lowest BCUT2D eigenvalue weighted by molar-refractivity contribution is 0.190. The molecule has 4 nitrogen and oxygen atoms in total. The highest BCUT2D eigenvalue weighted by molar-refractivity contribution is 7.09. The Morgan fingerprint density at radius 1 is 1.12 bits per heavy atom. The van der Waals surface area contributed by atoms with E-state index in [0.29, 0.717) is 6.04 Å². The Balaban J connectivity index is 1.29. The number of aromatic amines is 1. The third-order valence-corrected chi connectivity index (χ3v) is 6.65. The predicted molar refractivity (Wildman–Crippen MR) is 107 cm³/mol. The maximum Gasteiger partial charge on any atom is 0.0722 e. The van der Waals surface area contributed by atoms with E-state index in [0.717, 1.165) is 39.0 Å². The second kappa shape index (κ2) is 6.89. The minimum atomic E-state index is 0.646. The van der Waals surface area contributed by atoms with E-state index in [4.69, 9.17) is 0 Å². The molecule has 1 atom stereocenters. The molecule has 0 radical (unpaired) electrons. The summed E-state index contributed by atoms with van der Waals surface area (Å²) in [5, 5.41) is 10.1. The maximum atomic E-state index is 4.64. The molecule has 0 aliphatic carbocycles. The Morgan fingerprint density at radius 2 is 2.04 bits per heavy atom. The third kappa shape index (κ3) is 3.06. The number of nitrogens with one attached hydrogen (secondary N) is 1. The number of para-hydroxylation sites is 1. The summed E-state index contributed by atoms with van der Waals surface area (Å²) >= 11 is 1.82. The van der Waals surface area contributed by atoms with E-state index in [1.807, 2.05) is 11.3 Å². The first-order chi connectivity index (χ1) is 12.9. The molecule has 5 rings (SSSR count). The van der Waals surface area contributed by atoms with E-state index in [-0.39, 0.29) is 0 Å². The third-order valence-electron chi connectivity index (χ3n) is 5.77. The molecule has 3 aromatic rings. The zero-order valence-corrected chi connectivity index (χ0v) is 15.7. The molecular weight excluding hydrogens is 340 g/mol. The standard InChI is InChI=1S/C21H24N4S/c1-2-5-16(6-3-1)24-10-8-17(14-24)25-11-9-20-19(15-25)21(23-22-20)13-18-7-4-12-26-18/h1-7,12,17H,8-11,13-15H2,(H,22,23). The van der Waals surface area contributed by atoms with Gasteiger partial charge in [-0.25, -0.2) is 0 Å². The van der Waals surface area contributed by atoms with E-state index in [1.54, 1.807) is 0 Å². The van der Waals surface area contributed by atoms with Crippen LogP contribution in [-0.2, 0) is 19.4 Å². The van der Waals surface area contributed by atoms with Gasteiger partial charge >= 0.3 is 0 Å². The topological polar surface area (TPSA) is 35.2 Å². The Bertz CT molecular complexity index is 856. The molecule has 0 spiro atoms. The van der Waals surface area contributed by atoms with Crippen LogP contribution in [0.3, 0.4) is 0 Å². The van der Waals surface area contributed by atoms with E-state index in [1.165, 1.54) is 33.9 Å². The van der Waals surface area contributed by atoms with Crippen LogP contribution in [0.15, 0.2) is 47.8 Å². The number of H-pyrrole nitrogens is 1. The van der Waals surface area contributed by atoms with Crippen LogP contribution in [0.25, 0.3) is 0 Å². The molecule has 0 amide bonds. The predicted octanol–water partition coefficient (Wildman–Crippen LogP) is 3.70. The summed E-state index contributed by atoms with van der Waals surface area (Å²) in [7, 11) is 0. The van der Waals surface area contributed by atoms with Crippen molar-refractivity contribution in [1.82, 2.24) is 15.1 Å². The van der Waals surface area contributed by atoms with Gasteiger partial charge in [0.15, 0.2) is 0 Å². The van der Waals surface area contributed by atoms with Crippen LogP contribution in [0.1, 0.15) is 28.2 Å². The van der Waals surface area contributed by atoms with Crippen molar-refractivity contribution in [2.45, 2.75) is 31.8 Å². The zero-order chi connectivity index (χ0) is 17.3. The minimum Gasteiger partial charge on any atom is -0.370 e. The Hall–Kier alpha value is -2.11. The van der Waals surface area contributed by atoms with Gasteiger partial charge in [-0.1, -0.05) is 24.3 Å². The molecule has 1 fully saturated rings. The molecule has 1 unspecified atom stereocenters. The summed E-state index contributed by atoms with van der Waals surface area (Å²) in [5.41, 5.74) is 5.40. The van der Waals surface area contributed by atoms with Crippen molar-refractivity contribution in [1.29, 1.82) is 0 Å². The van der Waals surface area contributed by atoms with Crippen LogP contribution in [0.4, 0.5) is 5.69 Å². The van der Waals surface area contributed by atoms with Gasteiger partial charge in [0.1, 0.15) is 0 Å². The molecule has 1 N–H and O–H groups in total. The van der Waals surface area contributed by atoms with Gasteiger partial charge in [-0.15, -0.1) is 11.3 Å². The van der Waals surface area contributed by atoms with Crippen molar-refractivity contribution >= 4 is 17.0 Å². The van der Waals surface area contributed by atoms with Crippen LogP contribution in [-0.4, -0.2) is 40.8 Å². The molecule has 26 heavy (non-hydrogen) atoms. The number of aromatic nitrogens is 2. The van der Waals surface area contributed by atoms with Crippen molar-refractivity contribution in [2.75, 3.05) is 24.5 Å². The number of anilines is 1. The Kier molecular flexibility index (Phi) is 4.27. The molecule has 4 heterocycles. The summed E-state index contributed by atoms with van der Waals surface area (Å²) in [4.78, 5) is 6.61. The van der Waals surface area contributed by atoms with E-state index >= 15 is 0 Å². The fraction of sp³-hybridized carbons (Fsp3) is 0.381. The summed E-state index contributed by atoms with van der Waals surface area (Å²) < 4.78 is 0. The molecule has 2 aliphatic rings. The van der Waals surface area contributed by atoms with Crippen LogP contribution in [0, 0.1) is 0 Å². The molecule has 2 aromatic heterocycles. The van der Waals surface area contributed by atoms with Gasteiger partial charge in [0.2, 0.25) is 0 Å². The fourth-order valence-corrected chi connectivity index (χ4v) is 5.03. The largest absolute Gasteiger partial charge is 0.370 e. The summed E-state index contributed by atoms with van der Waals surface area (Å²) in [6, 6.07) is 15.8. The number of nitrogens with zero attached hydrogens (tertiary/aromatic N) is 3. The minimum absolute atomic E-state index is 0.646. The molecule has 0 saturated carbocycles. The van der Waals surface area contributed by atoms with Crippen molar-refractivity contribution in [2.24, 2.45) is 0 Å². The highest BCUT2D eigenvalue weighted by Gasteiger charge is 2.31. The smallest absolute Gasteiger partial charge is 0.0722 e. The van der Waals surface area contributed by atoms with Crippen molar-refractivity contribution in [3.63, 3.8) is 0 Å². The number of hydrogen-bond donors (Lipinski definition) is 1. The Morgan fingerprint density at radius 3 is 2.88 bits per heavy atom. The van der Waals surface area contributed by atoms with Crippen molar-refractivity contribution < 1.29 is 0 Å². The lowest BCUT2D eigenvalue weighted by Crippen LogP contribution is -2.41. The van der Waals surface area contributed by atoms with Crippen LogP contribution < -0.4 is 4.90 Å². The first-order valence-electron chi connectivity index (χ1n) is 9.48. The van der Waals surface area contributed by atoms with Crippen LogP contribution in [0.2, 0.25) is 0 Å². The normalized spacial score (nSPS) is 20.5. The highest BCUT2D eigenvalue weighted by Crippen LogP contribution is 2.29. The molecule has 134 valence electrons. The van der Waals surface area contributed by atoms with Gasteiger partial charge in [-0.05, 0) is 30.0 Å². The molecule has 1 saturated heterocycles. The van der Waals surface area contributed by atoms with Crippen LogP contribution >= 0.6 is 11.3 Å². The average Bonchev–Trinajstić information content (AvgIpc) is 3.44.